The fraction of sp³-hybridized carbons (Fsp3) is 0.556. The number of rotatable bonds is 7. The van der Waals surface area contributed by atoms with E-state index in [-0.39, 0.29) is 11.7 Å². The molecule has 3 rings (SSSR count). The van der Waals surface area contributed by atoms with E-state index < -0.39 is 11.2 Å². The average molecular weight is 361 g/mol. The molecule has 3 heterocycles. The van der Waals surface area contributed by atoms with E-state index in [0.717, 1.165) is 31.4 Å². The van der Waals surface area contributed by atoms with Crippen LogP contribution in [-0.2, 0) is 11.2 Å². The summed E-state index contributed by atoms with van der Waals surface area (Å²) in [6.45, 7) is 3.33. The number of ether oxygens (including phenoxy) is 1. The molecule has 2 aromatic heterocycles. The maximum Gasteiger partial charge on any atom is 0.337 e. The molecule has 140 valence electrons. The lowest BCUT2D eigenvalue weighted by Crippen LogP contribution is -2.17. The molecule has 8 heteroatoms. The first-order valence-corrected chi connectivity index (χ1v) is 9.05. The summed E-state index contributed by atoms with van der Waals surface area (Å²) in [4.78, 5) is 36.2. The van der Waals surface area contributed by atoms with Crippen molar-refractivity contribution in [3.8, 4) is 6.01 Å². The number of hydrogen-bond donors (Lipinski definition) is 1. The molecule has 1 saturated heterocycles. The van der Waals surface area contributed by atoms with E-state index in [1.54, 1.807) is 0 Å². The van der Waals surface area contributed by atoms with Crippen molar-refractivity contribution < 1.29 is 14.0 Å². The van der Waals surface area contributed by atoms with Gasteiger partial charge in [-0.25, -0.2) is 4.79 Å². The fourth-order valence-corrected chi connectivity index (χ4v) is 2.92. The zero-order valence-electron chi connectivity index (χ0n) is 14.9. The van der Waals surface area contributed by atoms with Gasteiger partial charge in [0, 0.05) is 18.9 Å². The number of aryl methyl sites for hydroxylation is 1. The Morgan fingerprint density at radius 3 is 2.81 bits per heavy atom. The Morgan fingerprint density at radius 1 is 1.23 bits per heavy atom. The second kappa shape index (κ2) is 8.75. The van der Waals surface area contributed by atoms with Gasteiger partial charge in [0.1, 0.15) is 5.39 Å². The van der Waals surface area contributed by atoms with Crippen molar-refractivity contribution in [3.63, 3.8) is 0 Å². The van der Waals surface area contributed by atoms with Crippen molar-refractivity contribution >= 4 is 16.8 Å². The average Bonchev–Trinajstić information content (AvgIpc) is 2.63. The maximum atomic E-state index is 12.5. The van der Waals surface area contributed by atoms with E-state index in [4.69, 9.17) is 14.0 Å². The quantitative estimate of drug-likeness (QED) is 0.600. The molecule has 0 aromatic carbocycles. The van der Waals surface area contributed by atoms with E-state index >= 15 is 0 Å². The van der Waals surface area contributed by atoms with Crippen LogP contribution < -0.4 is 16.0 Å². The minimum absolute atomic E-state index is 0.0195. The third kappa shape index (κ3) is 4.57. The summed E-state index contributed by atoms with van der Waals surface area (Å²) >= 11 is 0. The summed E-state index contributed by atoms with van der Waals surface area (Å²) < 4.78 is 10.4. The highest BCUT2D eigenvalue weighted by Crippen LogP contribution is 2.16. The molecule has 26 heavy (non-hydrogen) atoms. The third-order valence-electron chi connectivity index (χ3n) is 4.31. The molecule has 2 aromatic rings. The van der Waals surface area contributed by atoms with Crippen LogP contribution in [0.1, 0.15) is 51.0 Å². The summed E-state index contributed by atoms with van der Waals surface area (Å²) in [6, 6.07) is 1.28. The Bertz CT molecular complexity index is 892. The SMILES string of the molecule is CCCCCCc1cc(=O)oc2nc(ON=C3CCOCC3)[nH]c(=O)c12. The highest BCUT2D eigenvalue weighted by molar-refractivity contribution is 5.84. The van der Waals surface area contributed by atoms with Gasteiger partial charge in [-0.1, -0.05) is 31.3 Å². The zero-order valence-corrected chi connectivity index (χ0v) is 14.9. The van der Waals surface area contributed by atoms with E-state index in [0.29, 0.717) is 43.4 Å². The van der Waals surface area contributed by atoms with E-state index in [2.05, 4.69) is 22.0 Å². The molecule has 1 N–H and O–H groups in total. The molecule has 0 saturated carbocycles. The van der Waals surface area contributed by atoms with Gasteiger partial charge in [0.2, 0.25) is 5.71 Å². The van der Waals surface area contributed by atoms with Gasteiger partial charge < -0.3 is 14.0 Å². The third-order valence-corrected chi connectivity index (χ3v) is 4.31. The number of nitrogens with zero attached hydrogens (tertiary/aromatic N) is 2. The van der Waals surface area contributed by atoms with Crippen molar-refractivity contribution in [2.45, 2.75) is 51.9 Å². The molecule has 0 atom stereocenters. The molecule has 0 unspecified atom stereocenters. The monoisotopic (exact) mass is 361 g/mol. The molecular weight excluding hydrogens is 338 g/mol. The number of fused-ring (bicyclic) bond motifs is 1. The first-order valence-electron chi connectivity index (χ1n) is 9.05. The summed E-state index contributed by atoms with van der Waals surface area (Å²) in [7, 11) is 0. The van der Waals surface area contributed by atoms with Crippen LogP contribution in [0.2, 0.25) is 0 Å². The number of nitrogens with one attached hydrogen (secondary N) is 1. The van der Waals surface area contributed by atoms with Crippen LogP contribution in [0.25, 0.3) is 11.1 Å². The molecule has 1 aliphatic rings. The van der Waals surface area contributed by atoms with E-state index in [1.165, 1.54) is 6.07 Å². The lowest BCUT2D eigenvalue weighted by Gasteiger charge is -2.12. The molecule has 0 aliphatic carbocycles. The lowest BCUT2D eigenvalue weighted by atomic mass is 10.1. The van der Waals surface area contributed by atoms with Crippen LogP contribution in [0.15, 0.2) is 25.2 Å². The predicted molar refractivity (Wildman–Crippen MR) is 96.9 cm³/mol. The number of aromatic nitrogens is 2. The molecule has 0 radical (unpaired) electrons. The Balaban J connectivity index is 1.85. The number of hydrogen-bond acceptors (Lipinski definition) is 7. The highest BCUT2D eigenvalue weighted by Gasteiger charge is 2.14. The van der Waals surface area contributed by atoms with Crippen LogP contribution in [0.4, 0.5) is 0 Å². The van der Waals surface area contributed by atoms with Gasteiger partial charge in [0.15, 0.2) is 0 Å². The first-order chi connectivity index (χ1) is 12.7. The van der Waals surface area contributed by atoms with Gasteiger partial charge in [-0.05, 0) is 18.4 Å². The van der Waals surface area contributed by atoms with Gasteiger partial charge in [-0.3, -0.25) is 9.78 Å². The van der Waals surface area contributed by atoms with Crippen LogP contribution in [-0.4, -0.2) is 28.9 Å². The number of aromatic amines is 1. The van der Waals surface area contributed by atoms with Gasteiger partial charge >= 0.3 is 11.6 Å². The van der Waals surface area contributed by atoms with Crippen molar-refractivity contribution in [1.82, 2.24) is 9.97 Å². The highest BCUT2D eigenvalue weighted by atomic mass is 16.6. The smallest absolute Gasteiger partial charge is 0.337 e. The lowest BCUT2D eigenvalue weighted by molar-refractivity contribution is 0.132. The second-order valence-corrected chi connectivity index (χ2v) is 6.31. The van der Waals surface area contributed by atoms with Crippen LogP contribution in [0, 0.1) is 0 Å². The van der Waals surface area contributed by atoms with Gasteiger partial charge in [-0.15, -0.1) is 0 Å². The van der Waals surface area contributed by atoms with Gasteiger partial charge in [-0.2, -0.15) is 4.98 Å². The number of oxime groups is 1. The summed E-state index contributed by atoms with van der Waals surface area (Å²) in [5.41, 5.74) is 0.552. The number of H-pyrrole nitrogens is 1. The first kappa shape index (κ1) is 18.3. The summed E-state index contributed by atoms with van der Waals surface area (Å²) in [6.07, 6.45) is 6.18. The summed E-state index contributed by atoms with van der Waals surface area (Å²) in [5.74, 6) is 0. The molecule has 8 nitrogen and oxygen atoms in total. The Kier molecular flexibility index (Phi) is 6.17. The Hall–Kier alpha value is -2.48. The predicted octanol–water partition coefficient (Wildman–Crippen LogP) is 2.54. The van der Waals surface area contributed by atoms with E-state index in [1.807, 2.05) is 0 Å². The van der Waals surface area contributed by atoms with Crippen molar-refractivity contribution in [3.05, 3.63) is 32.4 Å². The zero-order chi connectivity index (χ0) is 18.4. The number of unbranched alkanes of at least 4 members (excludes halogenated alkanes) is 3. The minimum Gasteiger partial charge on any atom is -0.403 e. The van der Waals surface area contributed by atoms with Crippen molar-refractivity contribution in [2.24, 2.45) is 5.16 Å². The fourth-order valence-electron chi connectivity index (χ4n) is 2.92. The Morgan fingerprint density at radius 2 is 2.04 bits per heavy atom. The van der Waals surface area contributed by atoms with E-state index in [9.17, 15) is 9.59 Å². The Labute approximate surface area is 150 Å². The molecular formula is C18H23N3O5. The second-order valence-electron chi connectivity index (χ2n) is 6.31. The van der Waals surface area contributed by atoms with Crippen molar-refractivity contribution in [2.75, 3.05) is 13.2 Å². The van der Waals surface area contributed by atoms with Crippen LogP contribution in [0.5, 0.6) is 6.01 Å². The maximum absolute atomic E-state index is 12.5. The van der Waals surface area contributed by atoms with Crippen LogP contribution in [0.3, 0.4) is 0 Å². The topological polar surface area (TPSA) is 107 Å². The van der Waals surface area contributed by atoms with Crippen LogP contribution >= 0.6 is 0 Å². The largest absolute Gasteiger partial charge is 0.403 e. The molecule has 0 amide bonds. The molecule has 1 aliphatic heterocycles. The van der Waals surface area contributed by atoms with Gasteiger partial charge in [0.05, 0.1) is 18.9 Å². The minimum atomic E-state index is -0.525. The van der Waals surface area contributed by atoms with Gasteiger partial charge in [0.25, 0.3) is 5.56 Å². The standard InChI is InChI=1S/C18H23N3O5/c1-2-3-4-5-6-12-11-14(22)25-17-15(12)16(23)19-18(20-17)26-21-13-7-9-24-10-8-13/h11H,2-10H2,1H3,(H,19,20,23). The van der Waals surface area contributed by atoms with Crippen molar-refractivity contribution in [1.29, 1.82) is 0 Å². The molecule has 0 spiro atoms. The molecule has 0 bridgehead atoms. The molecule has 1 fully saturated rings. The summed E-state index contributed by atoms with van der Waals surface area (Å²) in [5, 5.41) is 4.30. The normalized spacial score (nSPS) is 14.6.